The first-order valence-electron chi connectivity index (χ1n) is 8.84. The Labute approximate surface area is 159 Å². The maximum absolute atomic E-state index is 12.6. The highest BCUT2D eigenvalue weighted by Gasteiger charge is 2.30. The predicted octanol–water partition coefficient (Wildman–Crippen LogP) is 1.68. The lowest BCUT2D eigenvalue weighted by molar-refractivity contribution is -0.136. The third-order valence-corrected chi connectivity index (χ3v) is 6.10. The van der Waals surface area contributed by atoms with Crippen LogP contribution in [-0.2, 0) is 21.4 Å². The predicted molar refractivity (Wildman–Crippen MR) is 100 cm³/mol. The number of carbonyl (C=O) groups is 1. The minimum Gasteiger partial charge on any atom is -0.337 e. The molecule has 2 aromatic rings. The number of rotatable bonds is 5. The fraction of sp³-hybridized carbons (Fsp3) is 0.500. The fourth-order valence-electron chi connectivity index (χ4n) is 3.17. The number of hydrogen-bond donors (Lipinski definition) is 0. The third-order valence-electron chi connectivity index (χ3n) is 4.80. The van der Waals surface area contributed by atoms with Crippen LogP contribution < -0.4 is 0 Å². The lowest BCUT2D eigenvalue weighted by Crippen LogP contribution is -2.42. The van der Waals surface area contributed by atoms with Crippen molar-refractivity contribution in [2.24, 2.45) is 5.92 Å². The van der Waals surface area contributed by atoms with Gasteiger partial charge >= 0.3 is 0 Å². The van der Waals surface area contributed by atoms with Crippen LogP contribution in [0.1, 0.15) is 24.3 Å². The standard InChI is InChI=1S/C18H24N4O4S/c1-13-4-6-14(7-5-13)17-19-16(26-20-17)12-21(2)18(23)15-8-10-22(11-9-15)27(3,24)25/h4-7,15H,8-12H2,1-3H3. The van der Waals surface area contributed by atoms with Crippen LogP contribution in [0, 0.1) is 12.8 Å². The Morgan fingerprint density at radius 2 is 1.89 bits per heavy atom. The second-order valence-electron chi connectivity index (χ2n) is 7.01. The summed E-state index contributed by atoms with van der Waals surface area (Å²) in [5, 5.41) is 3.98. The molecule has 0 unspecified atom stereocenters. The molecule has 0 saturated carbocycles. The number of amides is 1. The molecule has 1 amide bonds. The summed E-state index contributed by atoms with van der Waals surface area (Å²) >= 11 is 0. The zero-order valence-corrected chi connectivity index (χ0v) is 16.6. The van der Waals surface area contributed by atoms with Gasteiger partial charge in [0.25, 0.3) is 0 Å². The van der Waals surface area contributed by atoms with Crippen LogP contribution in [0.2, 0.25) is 0 Å². The van der Waals surface area contributed by atoms with E-state index in [1.165, 1.54) is 10.6 Å². The maximum atomic E-state index is 12.6. The van der Waals surface area contributed by atoms with E-state index in [0.29, 0.717) is 37.6 Å². The van der Waals surface area contributed by atoms with E-state index < -0.39 is 10.0 Å². The van der Waals surface area contributed by atoms with Gasteiger partial charge < -0.3 is 9.42 Å². The van der Waals surface area contributed by atoms with Crippen molar-refractivity contribution >= 4 is 15.9 Å². The van der Waals surface area contributed by atoms with Gasteiger partial charge in [-0.1, -0.05) is 35.0 Å². The van der Waals surface area contributed by atoms with E-state index in [9.17, 15) is 13.2 Å². The zero-order chi connectivity index (χ0) is 19.6. The van der Waals surface area contributed by atoms with Gasteiger partial charge in [-0.25, -0.2) is 12.7 Å². The van der Waals surface area contributed by atoms with Crippen molar-refractivity contribution in [3.05, 3.63) is 35.7 Å². The van der Waals surface area contributed by atoms with E-state index in [0.717, 1.165) is 11.1 Å². The Bertz CT molecular complexity index is 900. The van der Waals surface area contributed by atoms with Crippen molar-refractivity contribution in [2.75, 3.05) is 26.4 Å². The van der Waals surface area contributed by atoms with Crippen LogP contribution in [0.3, 0.4) is 0 Å². The molecule has 0 spiro atoms. The molecule has 0 radical (unpaired) electrons. The largest absolute Gasteiger partial charge is 0.337 e. The Balaban J connectivity index is 1.58. The zero-order valence-electron chi connectivity index (χ0n) is 15.8. The van der Waals surface area contributed by atoms with Gasteiger partial charge in [-0.15, -0.1) is 0 Å². The van der Waals surface area contributed by atoms with Gasteiger partial charge in [0.15, 0.2) is 0 Å². The summed E-state index contributed by atoms with van der Waals surface area (Å²) in [6.45, 7) is 2.98. The lowest BCUT2D eigenvalue weighted by atomic mass is 9.97. The average Bonchev–Trinajstić information content (AvgIpc) is 3.09. The van der Waals surface area contributed by atoms with E-state index >= 15 is 0 Å². The molecule has 1 aliphatic heterocycles. The molecule has 8 nitrogen and oxygen atoms in total. The van der Waals surface area contributed by atoms with Crippen molar-refractivity contribution < 1.29 is 17.7 Å². The monoisotopic (exact) mass is 392 g/mol. The first-order valence-corrected chi connectivity index (χ1v) is 10.7. The molecular formula is C18H24N4O4S. The van der Waals surface area contributed by atoms with Gasteiger partial charge in [0, 0.05) is 31.6 Å². The summed E-state index contributed by atoms with van der Waals surface area (Å²) in [6, 6.07) is 7.80. The van der Waals surface area contributed by atoms with Gasteiger partial charge in [0.05, 0.1) is 12.8 Å². The molecular weight excluding hydrogens is 368 g/mol. The summed E-state index contributed by atoms with van der Waals surface area (Å²) < 4.78 is 29.9. The van der Waals surface area contributed by atoms with E-state index in [2.05, 4.69) is 10.1 Å². The Morgan fingerprint density at radius 3 is 2.48 bits per heavy atom. The minimum atomic E-state index is -3.20. The second-order valence-corrected chi connectivity index (χ2v) is 8.99. The molecule has 1 fully saturated rings. The fourth-order valence-corrected chi connectivity index (χ4v) is 4.04. The average molecular weight is 392 g/mol. The quantitative estimate of drug-likeness (QED) is 0.768. The number of benzene rings is 1. The number of aromatic nitrogens is 2. The number of carbonyl (C=O) groups excluding carboxylic acids is 1. The molecule has 2 heterocycles. The van der Waals surface area contributed by atoms with Crippen LogP contribution in [-0.4, -0.2) is 60.1 Å². The lowest BCUT2D eigenvalue weighted by Gasteiger charge is -2.31. The first-order chi connectivity index (χ1) is 12.7. The molecule has 1 aromatic carbocycles. The number of hydrogen-bond acceptors (Lipinski definition) is 6. The smallest absolute Gasteiger partial charge is 0.246 e. The van der Waals surface area contributed by atoms with Crippen LogP contribution in [0.25, 0.3) is 11.4 Å². The molecule has 27 heavy (non-hydrogen) atoms. The molecule has 9 heteroatoms. The van der Waals surface area contributed by atoms with E-state index in [-0.39, 0.29) is 18.4 Å². The van der Waals surface area contributed by atoms with Gasteiger partial charge in [-0.05, 0) is 19.8 Å². The summed E-state index contributed by atoms with van der Waals surface area (Å²) in [6.07, 6.45) is 2.24. The molecule has 0 N–H and O–H groups in total. The molecule has 0 bridgehead atoms. The molecule has 0 aliphatic carbocycles. The van der Waals surface area contributed by atoms with Crippen molar-refractivity contribution in [3.8, 4) is 11.4 Å². The van der Waals surface area contributed by atoms with Crippen LogP contribution in [0.5, 0.6) is 0 Å². The molecule has 1 saturated heterocycles. The van der Waals surface area contributed by atoms with E-state index in [4.69, 9.17) is 4.52 Å². The number of piperidine rings is 1. The van der Waals surface area contributed by atoms with Gasteiger partial charge in [0.2, 0.25) is 27.6 Å². The normalized spacial score (nSPS) is 16.4. The number of sulfonamides is 1. The first kappa shape index (κ1) is 19.5. The van der Waals surface area contributed by atoms with Gasteiger partial charge in [-0.2, -0.15) is 4.98 Å². The topological polar surface area (TPSA) is 96.6 Å². The maximum Gasteiger partial charge on any atom is 0.246 e. The van der Waals surface area contributed by atoms with Gasteiger partial charge in [-0.3, -0.25) is 4.79 Å². The highest BCUT2D eigenvalue weighted by Crippen LogP contribution is 2.22. The van der Waals surface area contributed by atoms with Gasteiger partial charge in [0.1, 0.15) is 0 Å². The number of nitrogens with zero attached hydrogens (tertiary/aromatic N) is 4. The van der Waals surface area contributed by atoms with Crippen molar-refractivity contribution in [3.63, 3.8) is 0 Å². The van der Waals surface area contributed by atoms with Crippen LogP contribution in [0.4, 0.5) is 0 Å². The Kier molecular flexibility index (Phi) is 5.61. The second kappa shape index (κ2) is 7.77. The molecule has 146 valence electrons. The van der Waals surface area contributed by atoms with Crippen LogP contribution >= 0.6 is 0 Å². The molecule has 1 aliphatic rings. The third kappa shape index (κ3) is 4.72. The summed E-state index contributed by atoms with van der Waals surface area (Å²) in [5.41, 5.74) is 2.01. The summed E-state index contributed by atoms with van der Waals surface area (Å²) in [4.78, 5) is 18.6. The Hall–Kier alpha value is -2.26. The SMILES string of the molecule is Cc1ccc(-c2noc(CN(C)C(=O)C3CCN(S(C)(=O)=O)CC3)n2)cc1. The molecule has 3 rings (SSSR count). The van der Waals surface area contributed by atoms with Crippen LogP contribution in [0.15, 0.2) is 28.8 Å². The highest BCUT2D eigenvalue weighted by atomic mass is 32.2. The highest BCUT2D eigenvalue weighted by molar-refractivity contribution is 7.88. The molecule has 0 atom stereocenters. The van der Waals surface area contributed by atoms with Crippen molar-refractivity contribution in [1.29, 1.82) is 0 Å². The van der Waals surface area contributed by atoms with Crippen molar-refractivity contribution in [1.82, 2.24) is 19.3 Å². The number of aryl methyl sites for hydroxylation is 1. The Morgan fingerprint density at radius 1 is 1.26 bits per heavy atom. The van der Waals surface area contributed by atoms with E-state index in [1.807, 2.05) is 31.2 Å². The van der Waals surface area contributed by atoms with E-state index in [1.54, 1.807) is 11.9 Å². The summed E-state index contributed by atoms with van der Waals surface area (Å²) in [7, 11) is -1.50. The summed E-state index contributed by atoms with van der Waals surface area (Å²) in [5.74, 6) is 0.646. The molecule has 1 aromatic heterocycles. The minimum absolute atomic E-state index is 0.0294. The van der Waals surface area contributed by atoms with Crippen molar-refractivity contribution in [2.45, 2.75) is 26.3 Å².